The lowest BCUT2D eigenvalue weighted by Gasteiger charge is -2.65. The summed E-state index contributed by atoms with van der Waals surface area (Å²) in [7, 11) is 2.86. The average molecular weight is 285 g/mol. The quantitative estimate of drug-likeness (QED) is 0.573. The molecule has 6 saturated carbocycles. The molecule has 8 atom stereocenters. The second-order valence-electron chi connectivity index (χ2n) is 10.4. The highest BCUT2D eigenvalue weighted by Gasteiger charge is 2.59. The van der Waals surface area contributed by atoms with Crippen LogP contribution < -0.4 is 0 Å². The van der Waals surface area contributed by atoms with Crippen molar-refractivity contribution >= 4 is 7.28 Å². The summed E-state index contributed by atoms with van der Waals surface area (Å²) in [5.74, 6) is 7.76. The van der Waals surface area contributed by atoms with Gasteiger partial charge in [-0.05, 0) is 59.2 Å². The fourth-order valence-electron chi connectivity index (χ4n) is 7.21. The SMILES string of the molecule is C[C@@H]1[C@H]([B][C@H]2C[C@H]3C[C@@H]([C@@H]2C)C3(C)C)C[C@H]2C[C@H]1C2(C)C. The summed E-state index contributed by atoms with van der Waals surface area (Å²) < 4.78 is 0. The van der Waals surface area contributed by atoms with E-state index >= 15 is 0 Å². The van der Waals surface area contributed by atoms with Crippen LogP contribution >= 0.6 is 0 Å². The van der Waals surface area contributed by atoms with Crippen LogP contribution in [-0.2, 0) is 0 Å². The topological polar surface area (TPSA) is 0 Å². The predicted octanol–water partition coefficient (Wildman–Crippen LogP) is 5.67. The van der Waals surface area contributed by atoms with Crippen LogP contribution in [0.3, 0.4) is 0 Å². The first-order valence-corrected chi connectivity index (χ1v) is 9.58. The highest BCUT2D eigenvalue weighted by Crippen LogP contribution is 2.68. The lowest BCUT2D eigenvalue weighted by atomic mass is 9.31. The standard InChI is InChI=1S/C20H34B/c1-11-15-7-13(19(15,3)4)9-17(11)21-18-10-14-8-16(12(18)2)20(14,5)6/h11-18H,7-10H2,1-6H3/t11-,12-,13+,14+,15-,16+,17-,18+/m0/s1. The number of hydrogen-bond donors (Lipinski definition) is 0. The van der Waals surface area contributed by atoms with Gasteiger partial charge in [0.1, 0.15) is 7.28 Å². The molecule has 6 aliphatic carbocycles. The smallest absolute Gasteiger partial charge is 0.0655 e. The molecular weight excluding hydrogens is 251 g/mol. The minimum Gasteiger partial charge on any atom is -0.0655 e. The Morgan fingerprint density at radius 3 is 1.33 bits per heavy atom. The van der Waals surface area contributed by atoms with E-state index in [1.807, 2.05) is 0 Å². The maximum atomic E-state index is 2.86. The van der Waals surface area contributed by atoms with Gasteiger partial charge in [-0.1, -0.05) is 66.0 Å². The van der Waals surface area contributed by atoms with Crippen LogP contribution in [0, 0.1) is 46.3 Å². The van der Waals surface area contributed by atoms with Crippen LogP contribution in [0.5, 0.6) is 0 Å². The minimum absolute atomic E-state index is 0.645. The second kappa shape index (κ2) is 4.32. The van der Waals surface area contributed by atoms with Gasteiger partial charge in [-0.15, -0.1) is 0 Å². The summed E-state index contributed by atoms with van der Waals surface area (Å²) in [6.45, 7) is 15.2. The van der Waals surface area contributed by atoms with Crippen molar-refractivity contribution in [2.75, 3.05) is 0 Å². The Morgan fingerprint density at radius 1 is 0.667 bits per heavy atom. The molecule has 0 aromatic rings. The average Bonchev–Trinajstić information content (AvgIpc) is 2.41. The normalized spacial score (nSPS) is 56.1. The molecule has 0 aliphatic heterocycles. The first-order valence-electron chi connectivity index (χ1n) is 9.58. The van der Waals surface area contributed by atoms with Gasteiger partial charge in [0, 0.05) is 0 Å². The van der Waals surface area contributed by atoms with E-state index in [1.165, 1.54) is 25.7 Å². The fraction of sp³-hybridized carbons (Fsp3) is 1.00. The highest BCUT2D eigenvalue weighted by atomic mass is 14.6. The van der Waals surface area contributed by atoms with Gasteiger partial charge in [0.15, 0.2) is 0 Å². The minimum atomic E-state index is 0.645. The summed E-state index contributed by atoms with van der Waals surface area (Å²) in [5.41, 5.74) is 1.29. The highest BCUT2D eigenvalue weighted by molar-refractivity contribution is 6.40. The Balaban J connectivity index is 1.42. The van der Waals surface area contributed by atoms with Crippen molar-refractivity contribution < 1.29 is 0 Å². The van der Waals surface area contributed by atoms with Crippen LogP contribution in [-0.4, -0.2) is 7.28 Å². The van der Waals surface area contributed by atoms with Crippen molar-refractivity contribution in [3.63, 3.8) is 0 Å². The Hall–Kier alpha value is 0.0649. The summed E-state index contributed by atoms with van der Waals surface area (Å²) in [6.07, 6.45) is 6.03. The molecule has 0 N–H and O–H groups in total. The largest absolute Gasteiger partial charge is 0.118 e. The molecule has 0 spiro atoms. The van der Waals surface area contributed by atoms with Crippen molar-refractivity contribution in [1.82, 2.24) is 0 Å². The molecular formula is C20H34B. The van der Waals surface area contributed by atoms with Gasteiger partial charge in [0.2, 0.25) is 0 Å². The van der Waals surface area contributed by atoms with Gasteiger partial charge in [0.05, 0.1) is 0 Å². The first-order chi connectivity index (χ1) is 9.73. The molecule has 0 aromatic carbocycles. The molecule has 0 aromatic heterocycles. The number of fused-ring (bicyclic) bond motifs is 4. The van der Waals surface area contributed by atoms with E-state index in [9.17, 15) is 0 Å². The molecule has 4 bridgehead atoms. The molecule has 6 aliphatic rings. The van der Waals surface area contributed by atoms with E-state index in [0.717, 1.165) is 47.1 Å². The Bertz CT molecular complexity index is 397. The Kier molecular flexibility index (Phi) is 3.02. The molecule has 117 valence electrons. The molecule has 1 radical (unpaired) electrons. The van der Waals surface area contributed by atoms with Gasteiger partial charge < -0.3 is 0 Å². The van der Waals surface area contributed by atoms with Crippen LogP contribution in [0.15, 0.2) is 0 Å². The zero-order valence-corrected chi connectivity index (χ0v) is 15.0. The molecule has 0 nitrogen and oxygen atoms in total. The molecule has 21 heavy (non-hydrogen) atoms. The fourth-order valence-corrected chi connectivity index (χ4v) is 7.21. The number of hydrogen-bond acceptors (Lipinski definition) is 0. The monoisotopic (exact) mass is 285 g/mol. The van der Waals surface area contributed by atoms with Crippen LogP contribution in [0.2, 0.25) is 11.6 Å². The van der Waals surface area contributed by atoms with Gasteiger partial charge in [-0.2, -0.15) is 0 Å². The van der Waals surface area contributed by atoms with Gasteiger partial charge in [-0.25, -0.2) is 0 Å². The molecule has 6 fully saturated rings. The van der Waals surface area contributed by atoms with E-state index in [2.05, 4.69) is 48.8 Å². The third-order valence-electron chi connectivity index (χ3n) is 9.32. The lowest BCUT2D eigenvalue weighted by molar-refractivity contribution is -0.106. The summed E-state index contributed by atoms with van der Waals surface area (Å²) >= 11 is 0. The maximum absolute atomic E-state index is 2.86. The van der Waals surface area contributed by atoms with Crippen LogP contribution in [0.1, 0.15) is 67.2 Å². The molecule has 0 heterocycles. The third-order valence-corrected chi connectivity index (χ3v) is 9.32. The summed E-state index contributed by atoms with van der Waals surface area (Å²) in [4.78, 5) is 0. The van der Waals surface area contributed by atoms with E-state index in [4.69, 9.17) is 0 Å². The Morgan fingerprint density at radius 2 is 1.05 bits per heavy atom. The molecule has 0 unspecified atom stereocenters. The van der Waals surface area contributed by atoms with Crippen molar-refractivity contribution in [2.45, 2.75) is 78.9 Å². The Labute approximate surface area is 133 Å². The van der Waals surface area contributed by atoms with Crippen LogP contribution in [0.4, 0.5) is 0 Å². The van der Waals surface area contributed by atoms with Crippen LogP contribution in [0.25, 0.3) is 0 Å². The zero-order valence-electron chi connectivity index (χ0n) is 15.0. The van der Waals surface area contributed by atoms with Gasteiger partial charge in [0.25, 0.3) is 0 Å². The molecule has 6 rings (SSSR count). The third kappa shape index (κ3) is 1.81. The zero-order chi connectivity index (χ0) is 15.2. The second-order valence-corrected chi connectivity index (χ2v) is 10.4. The van der Waals surface area contributed by atoms with E-state index in [0.29, 0.717) is 10.8 Å². The molecule has 1 heteroatoms. The maximum Gasteiger partial charge on any atom is 0.118 e. The van der Waals surface area contributed by atoms with Crippen molar-refractivity contribution in [2.24, 2.45) is 46.3 Å². The summed E-state index contributed by atoms with van der Waals surface area (Å²) in [6, 6.07) is 0. The summed E-state index contributed by atoms with van der Waals surface area (Å²) in [5, 5.41) is 0. The van der Waals surface area contributed by atoms with Crippen molar-refractivity contribution in [1.29, 1.82) is 0 Å². The molecule has 0 amide bonds. The van der Waals surface area contributed by atoms with E-state index in [1.54, 1.807) is 0 Å². The van der Waals surface area contributed by atoms with E-state index in [-0.39, 0.29) is 0 Å². The number of rotatable bonds is 2. The lowest BCUT2D eigenvalue weighted by Crippen LogP contribution is -2.57. The van der Waals surface area contributed by atoms with Gasteiger partial charge >= 0.3 is 0 Å². The van der Waals surface area contributed by atoms with Crippen molar-refractivity contribution in [3.05, 3.63) is 0 Å². The van der Waals surface area contributed by atoms with Gasteiger partial charge in [-0.3, -0.25) is 0 Å². The predicted molar refractivity (Wildman–Crippen MR) is 91.6 cm³/mol. The first kappa shape index (κ1) is 14.6. The van der Waals surface area contributed by atoms with Crippen molar-refractivity contribution in [3.8, 4) is 0 Å². The van der Waals surface area contributed by atoms with E-state index < -0.39 is 0 Å². The molecule has 0 saturated heterocycles.